The highest BCUT2D eigenvalue weighted by molar-refractivity contribution is 9.10. The number of nitrogens with one attached hydrogen (secondary N) is 1. The molecule has 1 N–H and O–H groups in total. The second-order valence-corrected chi connectivity index (χ2v) is 6.91. The third kappa shape index (κ3) is 4.44. The number of benzene rings is 2. The molecule has 1 unspecified atom stereocenters. The smallest absolute Gasteiger partial charge is 0.0305 e. The molecule has 0 aromatic heterocycles. The number of halogens is 2. The maximum atomic E-state index is 3.66. The molecule has 2 aromatic carbocycles. The molecule has 2 atom stereocenters. The Morgan fingerprint density at radius 3 is 2.25 bits per heavy atom. The molecule has 0 aliphatic heterocycles. The molecule has 2 rings (SSSR count). The van der Waals surface area contributed by atoms with Crippen LogP contribution in [0, 0.1) is 0 Å². The first kappa shape index (κ1) is 15.7. The predicted molar refractivity (Wildman–Crippen MR) is 93.0 cm³/mol. The van der Waals surface area contributed by atoms with Crippen molar-refractivity contribution in [3.8, 4) is 0 Å². The maximum absolute atomic E-state index is 3.66. The molecule has 20 heavy (non-hydrogen) atoms. The van der Waals surface area contributed by atoms with E-state index in [2.05, 4.69) is 93.5 Å². The minimum absolute atomic E-state index is 0.330. The summed E-state index contributed by atoms with van der Waals surface area (Å²) < 4.78 is 2.29. The van der Waals surface area contributed by atoms with E-state index in [0.29, 0.717) is 12.1 Å². The zero-order chi connectivity index (χ0) is 14.5. The van der Waals surface area contributed by atoms with Crippen LogP contribution in [-0.2, 0) is 6.42 Å². The Balaban J connectivity index is 1.96. The summed E-state index contributed by atoms with van der Waals surface area (Å²) in [4.78, 5) is 0. The van der Waals surface area contributed by atoms with E-state index in [1.807, 2.05) is 6.07 Å². The Morgan fingerprint density at radius 1 is 0.950 bits per heavy atom. The number of hydrogen-bond acceptors (Lipinski definition) is 1. The summed E-state index contributed by atoms with van der Waals surface area (Å²) in [5.41, 5.74) is 2.66. The van der Waals surface area contributed by atoms with E-state index in [9.17, 15) is 0 Å². The Bertz CT molecular complexity index is 551. The van der Waals surface area contributed by atoms with Gasteiger partial charge in [0.1, 0.15) is 0 Å². The Hall–Kier alpha value is -0.640. The van der Waals surface area contributed by atoms with Crippen LogP contribution in [-0.4, -0.2) is 6.04 Å². The van der Waals surface area contributed by atoms with E-state index in [1.165, 1.54) is 11.1 Å². The SMILES string of the molecule is CC(Cc1ccc(Br)cc1)N[C@H](C)c1ccccc1Br. The monoisotopic (exact) mass is 395 g/mol. The van der Waals surface area contributed by atoms with Crippen molar-refractivity contribution in [2.45, 2.75) is 32.4 Å². The summed E-state index contributed by atoms with van der Waals surface area (Å²) in [6.07, 6.45) is 1.03. The minimum atomic E-state index is 0.330. The summed E-state index contributed by atoms with van der Waals surface area (Å²) in [6.45, 7) is 4.44. The summed E-state index contributed by atoms with van der Waals surface area (Å²) in [5.74, 6) is 0. The van der Waals surface area contributed by atoms with Crippen LogP contribution in [0.1, 0.15) is 31.0 Å². The van der Waals surface area contributed by atoms with Gasteiger partial charge in [0.15, 0.2) is 0 Å². The molecule has 0 saturated heterocycles. The predicted octanol–water partition coefficient (Wildman–Crippen LogP) is 5.49. The van der Waals surface area contributed by atoms with Crippen molar-refractivity contribution < 1.29 is 0 Å². The van der Waals surface area contributed by atoms with Crippen molar-refractivity contribution in [1.82, 2.24) is 5.32 Å². The van der Waals surface area contributed by atoms with Gasteiger partial charge in [0.05, 0.1) is 0 Å². The quantitative estimate of drug-likeness (QED) is 0.704. The molecule has 0 amide bonds. The largest absolute Gasteiger partial charge is 0.307 e. The molecular weight excluding hydrogens is 378 g/mol. The van der Waals surface area contributed by atoms with Gasteiger partial charge in [0.25, 0.3) is 0 Å². The molecule has 0 aliphatic rings. The van der Waals surface area contributed by atoms with Crippen molar-refractivity contribution >= 4 is 31.9 Å². The van der Waals surface area contributed by atoms with E-state index in [4.69, 9.17) is 0 Å². The van der Waals surface area contributed by atoms with E-state index in [0.717, 1.165) is 15.4 Å². The van der Waals surface area contributed by atoms with Crippen molar-refractivity contribution in [1.29, 1.82) is 0 Å². The molecule has 0 bridgehead atoms. The molecule has 0 heterocycles. The molecule has 0 aliphatic carbocycles. The van der Waals surface area contributed by atoms with Crippen LogP contribution in [0.25, 0.3) is 0 Å². The lowest BCUT2D eigenvalue weighted by Gasteiger charge is -2.21. The summed E-state index contributed by atoms with van der Waals surface area (Å²) >= 11 is 7.09. The topological polar surface area (TPSA) is 12.0 Å². The Labute approximate surface area is 138 Å². The highest BCUT2D eigenvalue weighted by atomic mass is 79.9. The average molecular weight is 397 g/mol. The van der Waals surface area contributed by atoms with Gasteiger partial charge in [-0.1, -0.05) is 62.2 Å². The Morgan fingerprint density at radius 2 is 1.60 bits per heavy atom. The summed E-state index contributed by atoms with van der Waals surface area (Å²) in [6, 6.07) is 17.7. The fourth-order valence-corrected chi connectivity index (χ4v) is 3.27. The number of hydrogen-bond donors (Lipinski definition) is 1. The van der Waals surface area contributed by atoms with Crippen LogP contribution in [0.15, 0.2) is 57.5 Å². The third-order valence-electron chi connectivity index (χ3n) is 3.36. The first-order chi connectivity index (χ1) is 9.56. The zero-order valence-corrected chi connectivity index (χ0v) is 14.9. The average Bonchev–Trinajstić information content (AvgIpc) is 2.41. The summed E-state index contributed by atoms with van der Waals surface area (Å²) in [7, 11) is 0. The standard InChI is InChI=1S/C17H19Br2N/c1-12(11-14-7-9-15(18)10-8-14)20-13(2)16-5-3-4-6-17(16)19/h3-10,12-13,20H,11H2,1-2H3/t12?,13-/m1/s1. The second-order valence-electron chi connectivity index (χ2n) is 5.14. The van der Waals surface area contributed by atoms with Gasteiger partial charge in [0, 0.05) is 21.0 Å². The molecule has 106 valence electrons. The van der Waals surface area contributed by atoms with Gasteiger partial charge < -0.3 is 5.32 Å². The normalized spacial score (nSPS) is 14.0. The molecule has 0 saturated carbocycles. The van der Waals surface area contributed by atoms with Crippen molar-refractivity contribution in [3.63, 3.8) is 0 Å². The molecule has 2 aromatic rings. The lowest BCUT2D eigenvalue weighted by molar-refractivity contribution is 0.476. The van der Waals surface area contributed by atoms with Gasteiger partial charge in [-0.3, -0.25) is 0 Å². The Kier molecular flexibility index (Phi) is 5.82. The second kappa shape index (κ2) is 7.39. The molecular formula is C17H19Br2N. The molecule has 0 fully saturated rings. The van der Waals surface area contributed by atoms with Crippen molar-refractivity contribution in [2.24, 2.45) is 0 Å². The summed E-state index contributed by atoms with van der Waals surface area (Å²) in [5, 5.41) is 3.66. The zero-order valence-electron chi connectivity index (χ0n) is 11.7. The van der Waals surface area contributed by atoms with E-state index in [-0.39, 0.29) is 0 Å². The molecule has 0 radical (unpaired) electrons. The van der Waals surface area contributed by atoms with Gasteiger partial charge in [-0.25, -0.2) is 0 Å². The van der Waals surface area contributed by atoms with Gasteiger partial charge in [0.2, 0.25) is 0 Å². The lowest BCUT2D eigenvalue weighted by atomic mass is 10.0. The minimum Gasteiger partial charge on any atom is -0.307 e. The van der Waals surface area contributed by atoms with Crippen LogP contribution in [0.4, 0.5) is 0 Å². The fourth-order valence-electron chi connectivity index (χ4n) is 2.38. The van der Waals surface area contributed by atoms with Gasteiger partial charge in [-0.2, -0.15) is 0 Å². The van der Waals surface area contributed by atoms with Gasteiger partial charge >= 0.3 is 0 Å². The van der Waals surface area contributed by atoms with E-state index >= 15 is 0 Å². The fraction of sp³-hybridized carbons (Fsp3) is 0.294. The van der Waals surface area contributed by atoms with E-state index in [1.54, 1.807) is 0 Å². The van der Waals surface area contributed by atoms with Crippen LogP contribution in [0.2, 0.25) is 0 Å². The van der Waals surface area contributed by atoms with E-state index < -0.39 is 0 Å². The van der Waals surface area contributed by atoms with Crippen molar-refractivity contribution in [3.05, 3.63) is 68.6 Å². The highest BCUT2D eigenvalue weighted by Crippen LogP contribution is 2.23. The van der Waals surface area contributed by atoms with Crippen LogP contribution in [0.3, 0.4) is 0 Å². The lowest BCUT2D eigenvalue weighted by Crippen LogP contribution is -2.30. The van der Waals surface area contributed by atoms with Gasteiger partial charge in [-0.15, -0.1) is 0 Å². The third-order valence-corrected chi connectivity index (χ3v) is 4.61. The molecule has 1 nitrogen and oxygen atoms in total. The van der Waals surface area contributed by atoms with Crippen LogP contribution < -0.4 is 5.32 Å². The first-order valence-corrected chi connectivity index (χ1v) is 8.40. The van der Waals surface area contributed by atoms with Crippen molar-refractivity contribution in [2.75, 3.05) is 0 Å². The number of rotatable bonds is 5. The van der Waals surface area contributed by atoms with Crippen LogP contribution >= 0.6 is 31.9 Å². The van der Waals surface area contributed by atoms with Gasteiger partial charge in [-0.05, 0) is 49.6 Å². The molecule has 0 spiro atoms. The first-order valence-electron chi connectivity index (χ1n) is 6.81. The maximum Gasteiger partial charge on any atom is 0.0305 e. The highest BCUT2D eigenvalue weighted by Gasteiger charge is 2.12. The van der Waals surface area contributed by atoms with Crippen LogP contribution in [0.5, 0.6) is 0 Å². The molecule has 3 heteroatoms.